The second-order valence-corrected chi connectivity index (χ2v) is 12.2. The van der Waals surface area contributed by atoms with Crippen LogP contribution < -0.4 is 0 Å². The van der Waals surface area contributed by atoms with Gasteiger partial charge in [0.1, 0.15) is 16.7 Å². The highest BCUT2D eigenvalue weighted by Gasteiger charge is 2.23. The molecule has 0 amide bonds. The molecule has 3 aromatic heterocycles. The Kier molecular flexibility index (Phi) is 4.63. The minimum absolute atomic E-state index is 0.862. The Hall–Kier alpha value is -5.38. The van der Waals surface area contributed by atoms with E-state index in [9.17, 15) is 0 Å². The van der Waals surface area contributed by atoms with Crippen LogP contribution >= 0.6 is 11.3 Å². The molecule has 0 aliphatic heterocycles. The molecule has 43 heavy (non-hydrogen) atoms. The Bertz CT molecular complexity index is 2680. The zero-order chi connectivity index (χ0) is 28.1. The van der Waals surface area contributed by atoms with Gasteiger partial charge in [0.2, 0.25) is 0 Å². The van der Waals surface area contributed by atoms with Gasteiger partial charge in [0, 0.05) is 53.0 Å². The van der Waals surface area contributed by atoms with Crippen molar-refractivity contribution in [2.75, 3.05) is 0 Å². The SMILES string of the molecule is c1ccc2c(c1)oc1ccc3occ(-c4c5ccccc5c(-c5cccc6c5sc5ccccc56)c5ccccc45)c3c12. The van der Waals surface area contributed by atoms with Crippen LogP contribution in [0.15, 0.2) is 142 Å². The maximum atomic E-state index is 6.30. The van der Waals surface area contributed by atoms with Crippen molar-refractivity contribution in [3.8, 4) is 22.3 Å². The van der Waals surface area contributed by atoms with Crippen LogP contribution in [-0.2, 0) is 0 Å². The number of benzene rings is 7. The summed E-state index contributed by atoms with van der Waals surface area (Å²) >= 11 is 1.88. The Balaban J connectivity index is 1.38. The lowest BCUT2D eigenvalue weighted by Crippen LogP contribution is -1.90. The molecule has 0 aliphatic rings. The molecule has 0 unspecified atom stereocenters. The molecule has 7 aromatic carbocycles. The average Bonchev–Trinajstić information content (AvgIpc) is 3.76. The zero-order valence-corrected chi connectivity index (χ0v) is 23.7. The highest BCUT2D eigenvalue weighted by Crippen LogP contribution is 2.50. The summed E-state index contributed by atoms with van der Waals surface area (Å²) in [6.45, 7) is 0. The first-order valence-corrected chi connectivity index (χ1v) is 15.3. The molecule has 2 nitrogen and oxygen atoms in total. The third-order valence-corrected chi connectivity index (χ3v) is 10.2. The monoisotopic (exact) mass is 566 g/mol. The van der Waals surface area contributed by atoms with Gasteiger partial charge in [-0.25, -0.2) is 0 Å². The summed E-state index contributed by atoms with van der Waals surface area (Å²) in [5.41, 5.74) is 7.45. The highest BCUT2D eigenvalue weighted by molar-refractivity contribution is 7.26. The van der Waals surface area contributed by atoms with Crippen molar-refractivity contribution in [3.63, 3.8) is 0 Å². The molecule has 0 aliphatic carbocycles. The van der Waals surface area contributed by atoms with Crippen LogP contribution in [-0.4, -0.2) is 0 Å². The van der Waals surface area contributed by atoms with E-state index in [-0.39, 0.29) is 0 Å². The second-order valence-electron chi connectivity index (χ2n) is 11.2. The van der Waals surface area contributed by atoms with Crippen molar-refractivity contribution >= 4 is 86.0 Å². The minimum atomic E-state index is 0.862. The predicted molar refractivity (Wildman–Crippen MR) is 182 cm³/mol. The molecule has 0 atom stereocenters. The van der Waals surface area contributed by atoms with E-state index >= 15 is 0 Å². The number of rotatable bonds is 2. The van der Waals surface area contributed by atoms with Gasteiger partial charge in [0.15, 0.2) is 0 Å². The van der Waals surface area contributed by atoms with Crippen LogP contribution in [0.5, 0.6) is 0 Å². The first kappa shape index (κ1) is 23.2. The number of hydrogen-bond acceptors (Lipinski definition) is 3. The van der Waals surface area contributed by atoms with Gasteiger partial charge in [-0.3, -0.25) is 0 Å². The van der Waals surface area contributed by atoms with Gasteiger partial charge in [0.05, 0.1) is 6.26 Å². The minimum Gasteiger partial charge on any atom is -0.464 e. The fraction of sp³-hybridized carbons (Fsp3) is 0. The van der Waals surface area contributed by atoms with Crippen LogP contribution in [0.1, 0.15) is 0 Å². The zero-order valence-electron chi connectivity index (χ0n) is 22.9. The quantitative estimate of drug-likeness (QED) is 0.195. The first-order valence-electron chi connectivity index (χ1n) is 14.5. The summed E-state index contributed by atoms with van der Waals surface area (Å²) in [5, 5.41) is 10.8. The molecule has 3 heteroatoms. The van der Waals surface area contributed by atoms with Crippen LogP contribution in [0.3, 0.4) is 0 Å². The molecule has 0 saturated carbocycles. The summed E-state index contributed by atoms with van der Waals surface area (Å²) in [6.07, 6.45) is 1.94. The Labute approximate surface area is 250 Å². The van der Waals surface area contributed by atoms with E-state index in [2.05, 4.69) is 103 Å². The molecule has 0 N–H and O–H groups in total. The molecule has 10 aromatic rings. The van der Waals surface area contributed by atoms with Crippen molar-refractivity contribution in [2.45, 2.75) is 0 Å². The Morgan fingerprint density at radius 1 is 0.395 bits per heavy atom. The van der Waals surface area contributed by atoms with Crippen molar-refractivity contribution in [1.29, 1.82) is 0 Å². The average molecular weight is 567 g/mol. The van der Waals surface area contributed by atoms with Crippen molar-refractivity contribution in [3.05, 3.63) is 134 Å². The summed E-state index contributed by atoms with van der Waals surface area (Å²) < 4.78 is 15.2. The summed E-state index contributed by atoms with van der Waals surface area (Å²) in [6, 6.07) is 45.5. The molecular formula is C40H22O2S. The summed E-state index contributed by atoms with van der Waals surface area (Å²) in [5.74, 6) is 0. The smallest absolute Gasteiger partial charge is 0.136 e. The van der Waals surface area contributed by atoms with E-state index in [0.717, 1.165) is 38.5 Å². The third kappa shape index (κ3) is 3.12. The van der Waals surface area contributed by atoms with Crippen LogP contribution in [0.4, 0.5) is 0 Å². The lowest BCUT2D eigenvalue weighted by Gasteiger charge is -2.17. The molecule has 3 heterocycles. The number of furan rings is 2. The van der Waals surface area contributed by atoms with Gasteiger partial charge >= 0.3 is 0 Å². The Morgan fingerprint density at radius 2 is 0.977 bits per heavy atom. The first-order chi connectivity index (χ1) is 21.3. The summed E-state index contributed by atoms with van der Waals surface area (Å²) in [7, 11) is 0. The van der Waals surface area contributed by atoms with Gasteiger partial charge in [-0.15, -0.1) is 11.3 Å². The van der Waals surface area contributed by atoms with Gasteiger partial charge in [-0.2, -0.15) is 0 Å². The van der Waals surface area contributed by atoms with E-state index < -0.39 is 0 Å². The normalized spacial score (nSPS) is 12.2. The Morgan fingerprint density at radius 3 is 1.72 bits per heavy atom. The van der Waals surface area contributed by atoms with Crippen LogP contribution in [0.25, 0.3) is 96.9 Å². The molecule has 0 saturated heterocycles. The van der Waals surface area contributed by atoms with Crippen LogP contribution in [0, 0.1) is 0 Å². The van der Waals surface area contributed by atoms with Crippen molar-refractivity contribution in [2.24, 2.45) is 0 Å². The number of thiophene rings is 1. The molecular weight excluding hydrogens is 545 g/mol. The summed E-state index contributed by atoms with van der Waals surface area (Å²) in [4.78, 5) is 0. The molecule has 200 valence electrons. The lowest BCUT2D eigenvalue weighted by molar-refractivity contribution is 0.616. The lowest BCUT2D eigenvalue weighted by atomic mass is 9.85. The van der Waals surface area contributed by atoms with Crippen molar-refractivity contribution < 1.29 is 8.83 Å². The number of para-hydroxylation sites is 1. The fourth-order valence-electron chi connectivity index (χ4n) is 7.18. The van der Waals surface area contributed by atoms with E-state index in [1.165, 1.54) is 58.4 Å². The van der Waals surface area contributed by atoms with Crippen molar-refractivity contribution in [1.82, 2.24) is 0 Å². The topological polar surface area (TPSA) is 26.3 Å². The standard InChI is InChI=1S/C40H22O2S/c1-3-13-26-24(11-1)36(30-17-9-16-28-23-10-6-8-19-35(23)43-40(28)30)25-12-2-4-14-27(25)37(26)31-22-41-33-20-21-34-38(39(31)33)29-15-5-7-18-32(29)42-34/h1-22H. The molecule has 0 spiro atoms. The third-order valence-electron chi connectivity index (χ3n) is 8.95. The van der Waals surface area contributed by atoms with E-state index in [1.807, 2.05) is 41.9 Å². The molecule has 0 radical (unpaired) electrons. The second kappa shape index (κ2) is 8.57. The van der Waals surface area contributed by atoms with Crippen LogP contribution in [0.2, 0.25) is 0 Å². The van der Waals surface area contributed by atoms with E-state index in [4.69, 9.17) is 8.83 Å². The molecule has 0 bridgehead atoms. The number of fused-ring (bicyclic) bond motifs is 10. The van der Waals surface area contributed by atoms with Gasteiger partial charge in [-0.05, 0) is 51.4 Å². The highest BCUT2D eigenvalue weighted by atomic mass is 32.1. The maximum absolute atomic E-state index is 6.30. The van der Waals surface area contributed by atoms with E-state index in [1.54, 1.807) is 0 Å². The predicted octanol–water partition coefficient (Wildman–Crippen LogP) is 12.3. The molecule has 10 rings (SSSR count). The van der Waals surface area contributed by atoms with E-state index in [0.29, 0.717) is 0 Å². The maximum Gasteiger partial charge on any atom is 0.136 e. The molecule has 0 fully saturated rings. The largest absolute Gasteiger partial charge is 0.464 e. The number of hydrogen-bond donors (Lipinski definition) is 0. The fourth-order valence-corrected chi connectivity index (χ4v) is 8.40. The van der Waals surface area contributed by atoms with Gasteiger partial charge in [-0.1, -0.05) is 103 Å². The van der Waals surface area contributed by atoms with Gasteiger partial charge in [0.25, 0.3) is 0 Å². The van der Waals surface area contributed by atoms with Gasteiger partial charge < -0.3 is 8.83 Å².